The summed E-state index contributed by atoms with van der Waals surface area (Å²) in [4.78, 5) is 16.2. The minimum absolute atomic E-state index is 0.103. The number of aliphatic hydroxyl groups is 1. The summed E-state index contributed by atoms with van der Waals surface area (Å²) in [5.74, 6) is 0.103. The molecule has 0 aliphatic carbocycles. The fourth-order valence-electron chi connectivity index (χ4n) is 1.61. The molecule has 2 heterocycles. The van der Waals surface area contributed by atoms with Gasteiger partial charge in [-0.1, -0.05) is 13.8 Å². The van der Waals surface area contributed by atoms with Crippen molar-refractivity contribution in [2.45, 2.75) is 26.5 Å². The summed E-state index contributed by atoms with van der Waals surface area (Å²) in [6.07, 6.45) is 2.41. The number of rotatable bonds is 3. The first-order chi connectivity index (χ1) is 8.00. The maximum absolute atomic E-state index is 12.1. The summed E-state index contributed by atoms with van der Waals surface area (Å²) in [6.45, 7) is 4.08. The Hall–Kier alpha value is -1.69. The highest BCUT2D eigenvalue weighted by molar-refractivity contribution is 5.72. The zero-order valence-corrected chi connectivity index (χ0v) is 10.2. The van der Waals surface area contributed by atoms with Gasteiger partial charge < -0.3 is 5.11 Å². The number of fused-ring (bicyclic) bond motifs is 1. The Morgan fingerprint density at radius 3 is 2.82 bits per heavy atom. The SMILES string of the molecule is CC(C)C(O)Cn1cnc2c(cnn2C)c1=O. The van der Waals surface area contributed by atoms with E-state index < -0.39 is 6.10 Å². The fraction of sp³-hybridized carbons (Fsp3) is 0.545. The summed E-state index contributed by atoms with van der Waals surface area (Å²) >= 11 is 0. The lowest BCUT2D eigenvalue weighted by Crippen LogP contribution is -2.29. The summed E-state index contributed by atoms with van der Waals surface area (Å²) < 4.78 is 2.98. The van der Waals surface area contributed by atoms with Crippen molar-refractivity contribution in [1.82, 2.24) is 19.3 Å². The Morgan fingerprint density at radius 2 is 2.18 bits per heavy atom. The van der Waals surface area contributed by atoms with Gasteiger partial charge in [-0.05, 0) is 5.92 Å². The highest BCUT2D eigenvalue weighted by atomic mass is 16.3. The number of hydrogen-bond donors (Lipinski definition) is 1. The van der Waals surface area contributed by atoms with Gasteiger partial charge in [-0.3, -0.25) is 14.0 Å². The van der Waals surface area contributed by atoms with Gasteiger partial charge >= 0.3 is 0 Å². The highest BCUT2D eigenvalue weighted by Crippen LogP contribution is 2.06. The van der Waals surface area contributed by atoms with Crippen LogP contribution in [-0.2, 0) is 13.6 Å². The molecule has 0 spiro atoms. The predicted molar refractivity (Wildman–Crippen MR) is 63.6 cm³/mol. The molecule has 0 aromatic carbocycles. The van der Waals surface area contributed by atoms with Crippen molar-refractivity contribution in [2.24, 2.45) is 13.0 Å². The summed E-state index contributed by atoms with van der Waals surface area (Å²) in [5.41, 5.74) is 0.396. The molecule has 6 nitrogen and oxygen atoms in total. The Morgan fingerprint density at radius 1 is 1.47 bits per heavy atom. The van der Waals surface area contributed by atoms with E-state index in [1.807, 2.05) is 13.8 Å². The third-order valence-electron chi connectivity index (χ3n) is 2.87. The van der Waals surface area contributed by atoms with Crippen molar-refractivity contribution in [1.29, 1.82) is 0 Å². The van der Waals surface area contributed by atoms with Crippen LogP contribution in [0.4, 0.5) is 0 Å². The second-order valence-electron chi connectivity index (χ2n) is 4.52. The fourth-order valence-corrected chi connectivity index (χ4v) is 1.61. The Bertz CT molecular complexity index is 585. The van der Waals surface area contributed by atoms with Crippen molar-refractivity contribution in [3.8, 4) is 0 Å². The van der Waals surface area contributed by atoms with Crippen molar-refractivity contribution < 1.29 is 5.11 Å². The number of aromatic nitrogens is 4. The third kappa shape index (κ3) is 2.08. The molecule has 0 bridgehead atoms. The van der Waals surface area contributed by atoms with Crippen LogP contribution in [0.5, 0.6) is 0 Å². The maximum atomic E-state index is 12.1. The minimum atomic E-state index is -0.552. The van der Waals surface area contributed by atoms with Gasteiger partial charge in [-0.2, -0.15) is 5.10 Å². The van der Waals surface area contributed by atoms with Gasteiger partial charge in [0, 0.05) is 7.05 Å². The second kappa shape index (κ2) is 4.29. The van der Waals surface area contributed by atoms with Crippen LogP contribution >= 0.6 is 0 Å². The lowest BCUT2D eigenvalue weighted by Gasteiger charge is -2.15. The van der Waals surface area contributed by atoms with E-state index in [4.69, 9.17) is 0 Å². The lowest BCUT2D eigenvalue weighted by atomic mass is 10.1. The van der Waals surface area contributed by atoms with Crippen LogP contribution in [-0.4, -0.2) is 30.5 Å². The molecule has 0 saturated heterocycles. The van der Waals surface area contributed by atoms with Crippen LogP contribution in [0.3, 0.4) is 0 Å². The quantitative estimate of drug-likeness (QED) is 0.823. The molecule has 2 aromatic rings. The van der Waals surface area contributed by atoms with E-state index in [1.165, 1.54) is 17.1 Å². The normalized spacial score (nSPS) is 13.5. The van der Waals surface area contributed by atoms with Gasteiger partial charge in [0.25, 0.3) is 5.56 Å². The molecule has 2 aromatic heterocycles. The number of hydrogen-bond acceptors (Lipinski definition) is 4. The van der Waals surface area contributed by atoms with Crippen LogP contribution in [0.25, 0.3) is 11.0 Å². The van der Waals surface area contributed by atoms with Crippen LogP contribution in [0.15, 0.2) is 17.3 Å². The first-order valence-electron chi connectivity index (χ1n) is 5.56. The van der Waals surface area contributed by atoms with Crippen LogP contribution in [0, 0.1) is 5.92 Å². The van der Waals surface area contributed by atoms with Crippen molar-refractivity contribution in [2.75, 3.05) is 0 Å². The first kappa shape index (κ1) is 11.8. The zero-order valence-electron chi connectivity index (χ0n) is 10.2. The largest absolute Gasteiger partial charge is 0.391 e. The van der Waals surface area contributed by atoms with Gasteiger partial charge in [0.05, 0.1) is 18.8 Å². The number of aliphatic hydroxyl groups excluding tert-OH is 1. The standard InChI is InChI=1S/C11H16N4O2/c1-7(2)9(16)5-15-6-12-10-8(11(15)17)4-13-14(10)3/h4,6-7,9,16H,5H2,1-3H3. The molecule has 17 heavy (non-hydrogen) atoms. The highest BCUT2D eigenvalue weighted by Gasteiger charge is 2.13. The summed E-state index contributed by atoms with van der Waals surface area (Å²) in [6, 6.07) is 0. The smallest absolute Gasteiger partial charge is 0.264 e. The molecule has 0 amide bonds. The molecule has 92 valence electrons. The summed E-state index contributed by atoms with van der Waals surface area (Å²) in [5, 5.41) is 14.2. The monoisotopic (exact) mass is 236 g/mol. The molecular formula is C11H16N4O2. The second-order valence-corrected chi connectivity index (χ2v) is 4.52. The van der Waals surface area contributed by atoms with E-state index >= 15 is 0 Å². The average molecular weight is 236 g/mol. The Balaban J connectivity index is 2.43. The van der Waals surface area contributed by atoms with Crippen molar-refractivity contribution in [3.05, 3.63) is 22.9 Å². The average Bonchev–Trinajstić information content (AvgIpc) is 2.65. The molecule has 0 radical (unpaired) electrons. The topological polar surface area (TPSA) is 72.9 Å². The van der Waals surface area contributed by atoms with Crippen LogP contribution in [0.1, 0.15) is 13.8 Å². The van der Waals surface area contributed by atoms with E-state index in [1.54, 1.807) is 11.7 Å². The molecule has 0 aliphatic heterocycles. The molecule has 2 rings (SSSR count). The lowest BCUT2D eigenvalue weighted by molar-refractivity contribution is 0.105. The zero-order chi connectivity index (χ0) is 12.6. The molecule has 1 unspecified atom stereocenters. The van der Waals surface area contributed by atoms with Crippen LogP contribution < -0.4 is 5.56 Å². The van der Waals surface area contributed by atoms with Gasteiger partial charge in [0.1, 0.15) is 11.7 Å². The maximum Gasteiger partial charge on any atom is 0.264 e. The molecule has 0 aliphatic rings. The van der Waals surface area contributed by atoms with Gasteiger partial charge in [-0.25, -0.2) is 4.98 Å². The molecular weight excluding hydrogens is 220 g/mol. The van der Waals surface area contributed by atoms with Crippen LogP contribution in [0.2, 0.25) is 0 Å². The van der Waals surface area contributed by atoms with E-state index in [2.05, 4.69) is 10.1 Å². The van der Waals surface area contributed by atoms with Crippen molar-refractivity contribution in [3.63, 3.8) is 0 Å². The minimum Gasteiger partial charge on any atom is -0.391 e. The van der Waals surface area contributed by atoms with E-state index in [-0.39, 0.29) is 18.0 Å². The Kier molecular flexibility index (Phi) is 2.97. The molecule has 0 fully saturated rings. The van der Waals surface area contributed by atoms with E-state index in [9.17, 15) is 9.90 Å². The summed E-state index contributed by atoms with van der Waals surface area (Å²) in [7, 11) is 1.74. The predicted octanol–water partition coefficient (Wildman–Crippen LogP) is 0.147. The molecule has 6 heteroatoms. The molecule has 1 N–H and O–H groups in total. The number of aryl methyl sites for hydroxylation is 1. The van der Waals surface area contributed by atoms with Gasteiger partial charge in [0.2, 0.25) is 0 Å². The van der Waals surface area contributed by atoms with E-state index in [0.29, 0.717) is 11.0 Å². The third-order valence-corrected chi connectivity index (χ3v) is 2.87. The first-order valence-corrected chi connectivity index (χ1v) is 5.56. The van der Waals surface area contributed by atoms with Gasteiger partial charge in [0.15, 0.2) is 5.65 Å². The molecule has 1 atom stereocenters. The molecule has 0 saturated carbocycles. The number of nitrogens with zero attached hydrogens (tertiary/aromatic N) is 4. The van der Waals surface area contributed by atoms with Crippen molar-refractivity contribution >= 4 is 11.0 Å². The van der Waals surface area contributed by atoms with Gasteiger partial charge in [-0.15, -0.1) is 0 Å². The Labute approximate surface area is 98.5 Å². The van der Waals surface area contributed by atoms with E-state index in [0.717, 1.165) is 0 Å².